The van der Waals surface area contributed by atoms with Gasteiger partial charge in [-0.15, -0.1) is 0 Å². The van der Waals surface area contributed by atoms with E-state index in [1.807, 2.05) is 104 Å². The third-order valence-corrected chi connectivity index (χ3v) is 7.43. The fourth-order valence-electron chi connectivity index (χ4n) is 4.95. The Morgan fingerprint density at radius 1 is 0.842 bits per heavy atom. The van der Waals surface area contributed by atoms with E-state index in [1.54, 1.807) is 14.2 Å². The van der Waals surface area contributed by atoms with Crippen molar-refractivity contribution in [2.24, 2.45) is 4.99 Å². The van der Waals surface area contributed by atoms with Gasteiger partial charge in [-0.05, 0) is 65.6 Å². The Balaban J connectivity index is 1.75. The number of methoxy groups -OCH3 is 2. The molecule has 38 heavy (non-hydrogen) atoms. The minimum absolute atomic E-state index is 0.216. The number of hydrogen-bond donors (Lipinski definition) is 1. The van der Waals surface area contributed by atoms with E-state index in [2.05, 4.69) is 22.0 Å². The number of ether oxygens (including phenoxy) is 3. The van der Waals surface area contributed by atoms with Crippen LogP contribution in [0, 0.1) is 0 Å². The van der Waals surface area contributed by atoms with Crippen LogP contribution in [0.2, 0.25) is 1.41 Å². The highest BCUT2D eigenvalue weighted by molar-refractivity contribution is 9.10. The fraction of sp³-hybridized carbons (Fsp3) is 0.219. The molecule has 0 saturated carbocycles. The standard InChI is InChI=1S/C32H31BrN2O3/c1-31(26-10-7-11-27(33)20-26)22-38-21-30(34-31)35-32(23-8-5-4-6-9-23,24-12-16-28(36-2)17-13-24)25-14-18-29(37-3)19-15-25/h4-20H,21-22H2,1-3H3,(H,34,35)/i/hD. The summed E-state index contributed by atoms with van der Waals surface area (Å²) in [6.07, 6.45) is 0. The fourth-order valence-corrected chi connectivity index (χ4v) is 5.35. The molecule has 0 fully saturated rings. The number of aliphatic imine (C=N–C) groups is 1. The molecule has 0 aliphatic carbocycles. The van der Waals surface area contributed by atoms with E-state index >= 15 is 0 Å². The Kier molecular flexibility index (Phi) is 7.16. The van der Waals surface area contributed by atoms with E-state index in [4.69, 9.17) is 19.2 Å². The van der Waals surface area contributed by atoms with Crippen molar-refractivity contribution in [3.8, 4) is 11.5 Å². The van der Waals surface area contributed by atoms with Crippen molar-refractivity contribution >= 4 is 21.8 Å². The molecule has 4 aromatic carbocycles. The van der Waals surface area contributed by atoms with Crippen molar-refractivity contribution in [1.29, 1.82) is 0 Å². The average Bonchev–Trinajstić information content (AvgIpc) is 2.99. The highest BCUT2D eigenvalue weighted by atomic mass is 79.9. The van der Waals surface area contributed by atoms with Crippen LogP contribution < -0.4 is 14.8 Å². The summed E-state index contributed by atoms with van der Waals surface area (Å²) in [4.78, 5) is 5.19. The Morgan fingerprint density at radius 2 is 1.42 bits per heavy atom. The summed E-state index contributed by atoms with van der Waals surface area (Å²) in [6, 6.07) is 33.9. The quantitative estimate of drug-likeness (QED) is 0.251. The van der Waals surface area contributed by atoms with Gasteiger partial charge < -0.3 is 19.5 Å². The van der Waals surface area contributed by atoms with Crippen molar-refractivity contribution < 1.29 is 15.6 Å². The summed E-state index contributed by atoms with van der Waals surface area (Å²) in [5.41, 5.74) is 2.03. The van der Waals surface area contributed by atoms with Crippen LogP contribution in [0.3, 0.4) is 0 Å². The topological polar surface area (TPSA) is 52.1 Å². The first-order chi connectivity index (χ1) is 18.9. The maximum Gasteiger partial charge on any atom is 0.163 e. The molecule has 0 amide bonds. The molecule has 194 valence electrons. The van der Waals surface area contributed by atoms with Crippen LogP contribution in [0.4, 0.5) is 0 Å². The number of nitrogens with one attached hydrogen (secondary N) is 1. The lowest BCUT2D eigenvalue weighted by atomic mass is 9.76. The molecule has 0 radical (unpaired) electrons. The van der Waals surface area contributed by atoms with Gasteiger partial charge in [-0.3, -0.25) is 4.99 Å². The predicted octanol–water partition coefficient (Wildman–Crippen LogP) is 6.69. The SMILES string of the molecule is [2H]N(C1=NC(C)(c2cccc(Br)c2)COC1)C(c1ccccc1)(c1ccc(OC)cc1)c1ccc(OC)cc1. The van der Waals surface area contributed by atoms with Gasteiger partial charge in [-0.25, -0.2) is 0 Å². The van der Waals surface area contributed by atoms with E-state index in [9.17, 15) is 1.41 Å². The molecule has 0 saturated heterocycles. The maximum atomic E-state index is 9.81. The Bertz CT molecular complexity index is 1400. The van der Waals surface area contributed by atoms with Crippen LogP contribution in [0.15, 0.2) is 113 Å². The number of halogens is 1. The van der Waals surface area contributed by atoms with Crippen LogP contribution in [-0.4, -0.2) is 33.3 Å². The van der Waals surface area contributed by atoms with Crippen molar-refractivity contribution in [3.05, 3.63) is 130 Å². The van der Waals surface area contributed by atoms with Crippen molar-refractivity contribution in [1.82, 2.24) is 5.31 Å². The predicted molar refractivity (Wildman–Crippen MR) is 155 cm³/mol. The molecule has 4 aromatic rings. The second-order valence-electron chi connectivity index (χ2n) is 9.45. The van der Waals surface area contributed by atoms with Gasteiger partial charge in [0.05, 0.1) is 20.8 Å². The molecule has 1 N–H and O–H groups in total. The molecular weight excluding hydrogens is 540 g/mol. The van der Waals surface area contributed by atoms with Gasteiger partial charge in [0, 0.05) is 4.47 Å². The zero-order valence-corrected chi connectivity index (χ0v) is 23.3. The van der Waals surface area contributed by atoms with E-state index in [1.165, 1.54) is 5.31 Å². The molecule has 1 aliphatic rings. The minimum atomic E-state index is -1.04. The summed E-state index contributed by atoms with van der Waals surface area (Å²) in [5, 5.41) is 1.52. The van der Waals surface area contributed by atoms with E-state index in [-0.39, 0.29) is 6.61 Å². The van der Waals surface area contributed by atoms with Gasteiger partial charge >= 0.3 is 0 Å². The molecule has 0 bridgehead atoms. The first-order valence-electron chi connectivity index (χ1n) is 12.9. The first-order valence-corrected chi connectivity index (χ1v) is 13.3. The van der Waals surface area contributed by atoms with Gasteiger partial charge in [-0.2, -0.15) is 0 Å². The van der Waals surface area contributed by atoms with Gasteiger partial charge in [0.25, 0.3) is 0 Å². The zero-order chi connectivity index (χ0) is 27.5. The second-order valence-corrected chi connectivity index (χ2v) is 10.4. The number of nitrogens with zero attached hydrogens (tertiary/aromatic N) is 1. The Hall–Kier alpha value is -3.61. The second kappa shape index (κ2) is 11.0. The molecule has 5 rings (SSSR count). The first kappa shape index (κ1) is 24.7. The van der Waals surface area contributed by atoms with Gasteiger partial charge in [0.2, 0.25) is 0 Å². The molecule has 1 atom stereocenters. The monoisotopic (exact) mass is 571 g/mol. The van der Waals surface area contributed by atoms with Gasteiger partial charge in [0.15, 0.2) is 1.41 Å². The number of benzene rings is 4. The molecule has 0 aromatic heterocycles. The largest absolute Gasteiger partial charge is 0.497 e. The van der Waals surface area contributed by atoms with Crippen LogP contribution >= 0.6 is 15.9 Å². The van der Waals surface area contributed by atoms with Crippen LogP contribution in [0.5, 0.6) is 11.5 Å². The Labute approximate surface area is 234 Å². The third-order valence-electron chi connectivity index (χ3n) is 6.94. The Morgan fingerprint density at radius 3 is 1.97 bits per heavy atom. The highest BCUT2D eigenvalue weighted by Gasteiger charge is 2.40. The highest BCUT2D eigenvalue weighted by Crippen LogP contribution is 2.39. The molecule has 5 nitrogen and oxygen atoms in total. The van der Waals surface area contributed by atoms with Crippen molar-refractivity contribution in [2.75, 3.05) is 27.4 Å². The lowest BCUT2D eigenvalue weighted by molar-refractivity contribution is 0.103. The molecule has 1 heterocycles. The number of rotatable bonds is 7. The summed E-state index contributed by atoms with van der Waals surface area (Å²) < 4.78 is 27.9. The van der Waals surface area contributed by atoms with E-state index in [0.717, 1.165) is 38.2 Å². The average molecular weight is 573 g/mol. The van der Waals surface area contributed by atoms with Crippen LogP contribution in [0.1, 0.15) is 29.2 Å². The molecule has 1 unspecified atom stereocenters. The molecule has 1 aliphatic heterocycles. The van der Waals surface area contributed by atoms with Crippen LogP contribution in [0.25, 0.3) is 0 Å². The van der Waals surface area contributed by atoms with Crippen molar-refractivity contribution in [3.63, 3.8) is 0 Å². The lowest BCUT2D eigenvalue weighted by Gasteiger charge is -2.40. The third kappa shape index (κ3) is 5.06. The molecular formula is C32H31BrN2O3. The summed E-state index contributed by atoms with van der Waals surface area (Å²) in [6.45, 7) is 2.69. The molecule has 6 heteroatoms. The number of amidine groups is 1. The van der Waals surface area contributed by atoms with Gasteiger partial charge in [-0.1, -0.05) is 82.7 Å². The maximum absolute atomic E-state index is 9.81. The van der Waals surface area contributed by atoms with E-state index in [0.29, 0.717) is 12.4 Å². The lowest BCUT2D eigenvalue weighted by Crippen LogP contribution is -2.51. The van der Waals surface area contributed by atoms with Gasteiger partial charge in [0.1, 0.15) is 35.0 Å². The number of hydrogen-bond acceptors (Lipinski definition) is 5. The minimum Gasteiger partial charge on any atom is -0.497 e. The normalized spacial score (nSPS) is 17.8. The summed E-state index contributed by atoms with van der Waals surface area (Å²) in [7, 11) is 3.30. The zero-order valence-electron chi connectivity index (χ0n) is 22.7. The van der Waals surface area contributed by atoms with Crippen molar-refractivity contribution in [2.45, 2.75) is 18.0 Å². The summed E-state index contributed by atoms with van der Waals surface area (Å²) >= 11 is 3.59. The summed E-state index contributed by atoms with van der Waals surface area (Å²) in [5.74, 6) is 2.01. The molecule has 0 spiro atoms. The van der Waals surface area contributed by atoms with Crippen LogP contribution in [-0.2, 0) is 15.8 Å². The smallest absolute Gasteiger partial charge is 0.163 e. The van der Waals surface area contributed by atoms with E-state index < -0.39 is 11.1 Å².